The Hall–Kier alpha value is -3.81. The minimum atomic E-state index is -0.609. The number of benzene rings is 2. The number of carbonyl (C=O) groups excluding carboxylic acids is 3. The van der Waals surface area contributed by atoms with Gasteiger partial charge in [-0.15, -0.1) is 23.1 Å². The van der Waals surface area contributed by atoms with Crippen LogP contribution in [-0.4, -0.2) is 35.0 Å². The van der Waals surface area contributed by atoms with Gasteiger partial charge in [-0.2, -0.15) is 5.26 Å². The predicted molar refractivity (Wildman–Crippen MR) is 154 cm³/mol. The lowest BCUT2D eigenvalue weighted by atomic mass is 10.0. The summed E-state index contributed by atoms with van der Waals surface area (Å²) in [5.74, 6) is -0.444. The normalized spacial score (nSPS) is 13.6. The summed E-state index contributed by atoms with van der Waals surface area (Å²) in [6, 6.07) is 19.0. The lowest BCUT2D eigenvalue weighted by Crippen LogP contribution is -2.39. The minimum Gasteiger partial charge on any atom is -0.444 e. The number of hydrogen-bond donors (Lipinski definition) is 2. The Morgan fingerprint density at radius 2 is 1.85 bits per heavy atom. The maximum Gasteiger partial charge on any atom is 0.410 e. The Kier molecular flexibility index (Phi) is 8.63. The van der Waals surface area contributed by atoms with Crippen molar-refractivity contribution >= 4 is 51.7 Å². The standard InChI is InChI=1S/C29H30N4O4S2/c1-18(34)31-20-11-8-12-21(15-20)38-25(19-9-6-5-7-10-19)26(35)32-27-23(16-30)22-13-14-33(17-24(22)39-27)28(36)37-29(2,3)4/h5-12,15,25H,13-14,17H2,1-4H3,(H,31,34)(H,32,35). The van der Waals surface area contributed by atoms with E-state index in [4.69, 9.17) is 4.74 Å². The summed E-state index contributed by atoms with van der Waals surface area (Å²) in [5.41, 5.74) is 2.16. The zero-order chi connectivity index (χ0) is 28.2. The lowest BCUT2D eigenvalue weighted by Gasteiger charge is -2.29. The van der Waals surface area contributed by atoms with E-state index in [1.54, 1.807) is 11.0 Å². The van der Waals surface area contributed by atoms with Crippen LogP contribution in [0.25, 0.3) is 0 Å². The molecule has 202 valence electrons. The molecule has 0 bridgehead atoms. The van der Waals surface area contributed by atoms with Gasteiger partial charge >= 0.3 is 6.09 Å². The van der Waals surface area contributed by atoms with Gasteiger partial charge < -0.3 is 20.3 Å². The molecule has 2 heterocycles. The fourth-order valence-corrected chi connectivity index (χ4v) is 6.46. The number of ether oxygens (including phenoxy) is 1. The molecule has 2 aromatic carbocycles. The Morgan fingerprint density at radius 3 is 2.51 bits per heavy atom. The minimum absolute atomic E-state index is 0.176. The number of nitrogens with one attached hydrogen (secondary N) is 2. The number of nitriles is 1. The molecule has 8 nitrogen and oxygen atoms in total. The van der Waals surface area contributed by atoms with Gasteiger partial charge in [-0.1, -0.05) is 36.4 Å². The fourth-order valence-electron chi connectivity index (χ4n) is 4.16. The van der Waals surface area contributed by atoms with Crippen LogP contribution in [0.1, 0.15) is 54.5 Å². The molecule has 4 rings (SSSR count). The molecular formula is C29H30N4O4S2. The van der Waals surface area contributed by atoms with Crippen molar-refractivity contribution in [1.82, 2.24) is 4.90 Å². The molecule has 3 aromatic rings. The van der Waals surface area contributed by atoms with E-state index in [1.807, 2.05) is 69.3 Å². The van der Waals surface area contributed by atoms with Crippen molar-refractivity contribution in [3.63, 3.8) is 0 Å². The third-order valence-electron chi connectivity index (χ3n) is 5.81. The molecule has 0 spiro atoms. The van der Waals surface area contributed by atoms with E-state index in [0.717, 1.165) is 20.9 Å². The van der Waals surface area contributed by atoms with Gasteiger partial charge in [0.2, 0.25) is 11.8 Å². The second kappa shape index (κ2) is 11.9. The van der Waals surface area contributed by atoms with Crippen molar-refractivity contribution in [2.75, 3.05) is 17.2 Å². The smallest absolute Gasteiger partial charge is 0.410 e. The van der Waals surface area contributed by atoms with Gasteiger partial charge in [0, 0.05) is 28.9 Å². The van der Waals surface area contributed by atoms with Crippen LogP contribution in [-0.2, 0) is 27.3 Å². The van der Waals surface area contributed by atoms with Crippen LogP contribution in [0.4, 0.5) is 15.5 Å². The summed E-state index contributed by atoms with van der Waals surface area (Å²) in [6.45, 7) is 7.68. The van der Waals surface area contributed by atoms with E-state index in [0.29, 0.717) is 35.8 Å². The zero-order valence-corrected chi connectivity index (χ0v) is 23.9. The van der Waals surface area contributed by atoms with E-state index < -0.39 is 16.9 Å². The summed E-state index contributed by atoms with van der Waals surface area (Å²) in [6.07, 6.45) is 0.115. The number of carbonyl (C=O) groups is 3. The van der Waals surface area contributed by atoms with Crippen LogP contribution in [0.15, 0.2) is 59.5 Å². The van der Waals surface area contributed by atoms with Crippen molar-refractivity contribution in [2.24, 2.45) is 0 Å². The first-order valence-corrected chi connectivity index (χ1v) is 14.2. The lowest BCUT2D eigenvalue weighted by molar-refractivity contribution is -0.116. The number of thioether (sulfide) groups is 1. The molecule has 0 aliphatic carbocycles. The van der Waals surface area contributed by atoms with Crippen LogP contribution in [0.5, 0.6) is 0 Å². The molecule has 1 aromatic heterocycles. The van der Waals surface area contributed by atoms with Crippen LogP contribution in [0, 0.1) is 11.3 Å². The molecule has 0 saturated carbocycles. The number of hydrogen-bond acceptors (Lipinski definition) is 7. The molecular weight excluding hydrogens is 532 g/mol. The highest BCUT2D eigenvalue weighted by atomic mass is 32.2. The van der Waals surface area contributed by atoms with Gasteiger partial charge in [0.1, 0.15) is 21.9 Å². The Bertz CT molecular complexity index is 1420. The monoisotopic (exact) mass is 562 g/mol. The van der Waals surface area contributed by atoms with Crippen molar-refractivity contribution in [2.45, 2.75) is 56.4 Å². The van der Waals surface area contributed by atoms with Crippen molar-refractivity contribution in [1.29, 1.82) is 5.26 Å². The van der Waals surface area contributed by atoms with E-state index >= 15 is 0 Å². The average Bonchev–Trinajstić information content (AvgIpc) is 3.22. The third-order valence-corrected chi connectivity index (χ3v) is 8.19. The Balaban J connectivity index is 1.58. The number of thiophene rings is 1. The van der Waals surface area contributed by atoms with Crippen LogP contribution >= 0.6 is 23.1 Å². The van der Waals surface area contributed by atoms with E-state index in [1.165, 1.54) is 30.0 Å². The fraction of sp³-hybridized carbons (Fsp3) is 0.310. The Morgan fingerprint density at radius 1 is 1.10 bits per heavy atom. The molecule has 2 N–H and O–H groups in total. The zero-order valence-electron chi connectivity index (χ0n) is 22.2. The first-order valence-electron chi connectivity index (χ1n) is 12.5. The third kappa shape index (κ3) is 7.19. The van der Waals surface area contributed by atoms with Gasteiger partial charge in [0.15, 0.2) is 0 Å². The summed E-state index contributed by atoms with van der Waals surface area (Å²) >= 11 is 2.68. The van der Waals surface area contributed by atoms with Crippen molar-refractivity contribution in [3.8, 4) is 6.07 Å². The van der Waals surface area contributed by atoms with Gasteiger partial charge in [-0.3, -0.25) is 9.59 Å². The first kappa shape index (κ1) is 28.2. The van der Waals surface area contributed by atoms with Gasteiger partial charge in [-0.05, 0) is 56.5 Å². The summed E-state index contributed by atoms with van der Waals surface area (Å²) in [4.78, 5) is 41.1. The molecule has 0 fully saturated rings. The highest BCUT2D eigenvalue weighted by molar-refractivity contribution is 8.00. The second-order valence-electron chi connectivity index (χ2n) is 10.1. The number of amides is 3. The number of rotatable bonds is 6. The average molecular weight is 563 g/mol. The van der Waals surface area contributed by atoms with Crippen molar-refractivity contribution < 1.29 is 19.1 Å². The summed E-state index contributed by atoms with van der Waals surface area (Å²) in [7, 11) is 0. The molecule has 1 atom stereocenters. The number of nitrogens with zero attached hydrogens (tertiary/aromatic N) is 2. The topological polar surface area (TPSA) is 112 Å². The predicted octanol–water partition coefficient (Wildman–Crippen LogP) is 6.34. The molecule has 0 saturated heterocycles. The van der Waals surface area contributed by atoms with Gasteiger partial charge in [-0.25, -0.2) is 4.79 Å². The van der Waals surface area contributed by atoms with E-state index in [-0.39, 0.29) is 11.8 Å². The summed E-state index contributed by atoms with van der Waals surface area (Å²) < 4.78 is 5.52. The van der Waals surface area contributed by atoms with Gasteiger partial charge in [0.05, 0.1) is 12.1 Å². The second-order valence-corrected chi connectivity index (χ2v) is 12.4. The highest BCUT2D eigenvalue weighted by Gasteiger charge is 2.31. The number of fused-ring (bicyclic) bond motifs is 1. The van der Waals surface area contributed by atoms with E-state index in [9.17, 15) is 19.6 Å². The highest BCUT2D eigenvalue weighted by Crippen LogP contribution is 2.40. The molecule has 0 radical (unpaired) electrons. The molecule has 3 amide bonds. The number of anilines is 2. The van der Waals surface area contributed by atoms with Crippen LogP contribution in [0.3, 0.4) is 0 Å². The SMILES string of the molecule is CC(=O)Nc1cccc(SC(C(=O)Nc2sc3c(c2C#N)CCN(C(=O)OC(C)(C)C)C3)c2ccccc2)c1. The molecule has 1 unspecified atom stereocenters. The Labute approximate surface area is 236 Å². The molecule has 1 aliphatic rings. The molecule has 10 heteroatoms. The quantitative estimate of drug-likeness (QED) is 0.339. The maximum absolute atomic E-state index is 13.7. The van der Waals surface area contributed by atoms with Crippen molar-refractivity contribution in [3.05, 3.63) is 76.2 Å². The van der Waals surface area contributed by atoms with E-state index in [2.05, 4.69) is 16.7 Å². The molecule has 1 aliphatic heterocycles. The maximum atomic E-state index is 13.7. The first-order chi connectivity index (χ1) is 18.5. The molecule has 39 heavy (non-hydrogen) atoms. The largest absolute Gasteiger partial charge is 0.444 e. The summed E-state index contributed by atoms with van der Waals surface area (Å²) in [5, 5.41) is 15.6. The van der Waals surface area contributed by atoms with Gasteiger partial charge in [0.25, 0.3) is 0 Å². The van der Waals surface area contributed by atoms with Crippen LogP contribution < -0.4 is 10.6 Å². The van der Waals surface area contributed by atoms with Crippen LogP contribution in [0.2, 0.25) is 0 Å².